The van der Waals surface area contributed by atoms with E-state index >= 15 is 0 Å². The third kappa shape index (κ3) is 4.39. The summed E-state index contributed by atoms with van der Waals surface area (Å²) in [5.41, 5.74) is 2.13. The maximum absolute atomic E-state index is 13.9. The molecule has 4 rings (SSSR count). The number of thioether (sulfide) groups is 1. The van der Waals surface area contributed by atoms with E-state index in [0.717, 1.165) is 55.0 Å². The van der Waals surface area contributed by atoms with E-state index in [2.05, 4.69) is 29.2 Å². The van der Waals surface area contributed by atoms with Crippen LogP contribution in [0, 0.1) is 0 Å². The molecule has 2 atom stereocenters. The predicted octanol–water partition coefficient (Wildman–Crippen LogP) is 4.33. The van der Waals surface area contributed by atoms with E-state index in [-0.39, 0.29) is 17.9 Å². The first-order valence-corrected chi connectivity index (χ1v) is 11.1. The van der Waals surface area contributed by atoms with Crippen LogP contribution >= 0.6 is 11.8 Å². The number of hydrogen-bond acceptors (Lipinski definition) is 3. The van der Waals surface area contributed by atoms with Gasteiger partial charge < -0.3 is 9.64 Å². The van der Waals surface area contributed by atoms with Crippen molar-refractivity contribution in [1.29, 1.82) is 0 Å². The van der Waals surface area contributed by atoms with Gasteiger partial charge >= 0.3 is 0 Å². The maximum Gasteiger partial charge on any atom is 0.234 e. The van der Waals surface area contributed by atoms with Gasteiger partial charge in [-0.3, -0.25) is 4.79 Å². The van der Waals surface area contributed by atoms with Crippen molar-refractivity contribution in [2.45, 2.75) is 37.3 Å². The Balaban J connectivity index is 1.66. The largest absolute Gasteiger partial charge is 0.376 e. The topological polar surface area (TPSA) is 29.5 Å². The molecule has 2 heterocycles. The molecule has 2 unspecified atom stereocenters. The normalized spacial score (nSPS) is 22.3. The Morgan fingerprint density at radius 1 is 1.04 bits per heavy atom. The zero-order valence-corrected chi connectivity index (χ0v) is 16.4. The van der Waals surface area contributed by atoms with Gasteiger partial charge in [-0.2, -0.15) is 11.8 Å². The summed E-state index contributed by atoms with van der Waals surface area (Å²) < 4.78 is 5.88. The lowest BCUT2D eigenvalue weighted by molar-refractivity contribution is -0.135. The quantitative estimate of drug-likeness (QED) is 0.746. The monoisotopic (exact) mass is 381 g/mol. The first kappa shape index (κ1) is 18.6. The number of benzene rings is 2. The van der Waals surface area contributed by atoms with Crippen molar-refractivity contribution < 1.29 is 9.53 Å². The molecule has 0 saturated carbocycles. The van der Waals surface area contributed by atoms with E-state index in [1.165, 1.54) is 0 Å². The van der Waals surface area contributed by atoms with Gasteiger partial charge in [0.25, 0.3) is 0 Å². The van der Waals surface area contributed by atoms with Gasteiger partial charge in [0, 0.05) is 24.9 Å². The lowest BCUT2D eigenvalue weighted by atomic mass is 9.89. The van der Waals surface area contributed by atoms with Crippen molar-refractivity contribution in [1.82, 2.24) is 4.90 Å². The van der Waals surface area contributed by atoms with Crippen LogP contribution in [-0.4, -0.2) is 47.6 Å². The molecule has 0 aliphatic carbocycles. The molecular weight excluding hydrogens is 354 g/mol. The summed E-state index contributed by atoms with van der Waals surface area (Å²) in [6, 6.07) is 20.7. The molecule has 1 amide bonds. The molecule has 0 aromatic heterocycles. The van der Waals surface area contributed by atoms with Crippen molar-refractivity contribution in [2.75, 3.05) is 24.7 Å². The Bertz CT molecular complexity index is 685. The Labute approximate surface area is 166 Å². The third-order valence-corrected chi connectivity index (χ3v) is 6.71. The molecule has 142 valence electrons. The summed E-state index contributed by atoms with van der Waals surface area (Å²) in [5, 5.41) is 0. The van der Waals surface area contributed by atoms with Gasteiger partial charge in [-0.05, 0) is 36.1 Å². The van der Waals surface area contributed by atoms with Crippen molar-refractivity contribution in [2.24, 2.45) is 0 Å². The third-order valence-electron chi connectivity index (χ3n) is 5.57. The second-order valence-corrected chi connectivity index (χ2v) is 8.55. The van der Waals surface area contributed by atoms with Crippen LogP contribution in [0.4, 0.5) is 0 Å². The summed E-state index contributed by atoms with van der Waals surface area (Å²) in [6.07, 6.45) is 3.43. The van der Waals surface area contributed by atoms with Gasteiger partial charge in [-0.25, -0.2) is 0 Å². The molecule has 0 bridgehead atoms. The Morgan fingerprint density at radius 3 is 2.22 bits per heavy atom. The van der Waals surface area contributed by atoms with Crippen LogP contribution in [0.1, 0.15) is 36.3 Å². The lowest BCUT2D eigenvalue weighted by Gasteiger charge is -2.34. The molecule has 2 aliphatic heterocycles. The average Bonchev–Trinajstić information content (AvgIpc) is 3.42. The molecular formula is C23H27NO2S. The van der Waals surface area contributed by atoms with Crippen molar-refractivity contribution in [3.63, 3.8) is 0 Å². The smallest absolute Gasteiger partial charge is 0.234 e. The van der Waals surface area contributed by atoms with Gasteiger partial charge in [0.15, 0.2) is 0 Å². The van der Waals surface area contributed by atoms with Crippen LogP contribution in [0.25, 0.3) is 0 Å². The highest BCUT2D eigenvalue weighted by Gasteiger charge is 2.35. The standard InChI is InChI=1S/C23H27NO2S/c25-23(24(20-13-15-27-17-20)16-21-12-7-14-26-21)22(18-8-3-1-4-9-18)19-10-5-2-6-11-19/h1-6,8-11,20-22H,7,12-17H2. The number of carbonyl (C=O) groups is 1. The summed E-state index contributed by atoms with van der Waals surface area (Å²) in [5.74, 6) is 2.14. The Morgan fingerprint density at radius 2 is 1.70 bits per heavy atom. The molecule has 2 aliphatic rings. The van der Waals surface area contributed by atoms with E-state index < -0.39 is 0 Å². The molecule has 0 N–H and O–H groups in total. The number of hydrogen-bond donors (Lipinski definition) is 0. The average molecular weight is 382 g/mol. The highest BCUT2D eigenvalue weighted by atomic mass is 32.2. The fourth-order valence-electron chi connectivity index (χ4n) is 4.13. The van der Waals surface area contributed by atoms with Crippen LogP contribution in [0.2, 0.25) is 0 Å². The molecule has 0 spiro atoms. The zero-order chi connectivity index (χ0) is 18.5. The summed E-state index contributed by atoms with van der Waals surface area (Å²) >= 11 is 1.95. The molecule has 2 aromatic carbocycles. The van der Waals surface area contributed by atoms with Crippen LogP contribution in [0.3, 0.4) is 0 Å². The Kier molecular flexibility index (Phi) is 6.15. The maximum atomic E-state index is 13.9. The van der Waals surface area contributed by atoms with Gasteiger partial charge in [0.05, 0.1) is 12.0 Å². The highest BCUT2D eigenvalue weighted by molar-refractivity contribution is 7.99. The minimum Gasteiger partial charge on any atom is -0.376 e. The summed E-state index contributed by atoms with van der Waals surface area (Å²) in [4.78, 5) is 16.0. The molecule has 3 nitrogen and oxygen atoms in total. The van der Waals surface area contributed by atoms with E-state index in [0.29, 0.717) is 6.04 Å². The van der Waals surface area contributed by atoms with Crippen LogP contribution in [0.5, 0.6) is 0 Å². The van der Waals surface area contributed by atoms with Crippen molar-refractivity contribution >= 4 is 17.7 Å². The fraction of sp³-hybridized carbons (Fsp3) is 0.435. The van der Waals surface area contributed by atoms with Gasteiger partial charge in [-0.15, -0.1) is 0 Å². The first-order chi connectivity index (χ1) is 13.3. The number of ether oxygens (including phenoxy) is 1. The van der Waals surface area contributed by atoms with Gasteiger partial charge in [0.2, 0.25) is 5.91 Å². The number of carbonyl (C=O) groups excluding carboxylic acids is 1. The zero-order valence-electron chi connectivity index (χ0n) is 15.6. The lowest BCUT2D eigenvalue weighted by Crippen LogP contribution is -2.47. The number of nitrogens with zero attached hydrogens (tertiary/aromatic N) is 1. The molecule has 27 heavy (non-hydrogen) atoms. The van der Waals surface area contributed by atoms with E-state index in [9.17, 15) is 4.79 Å². The first-order valence-electron chi connectivity index (χ1n) is 9.92. The van der Waals surface area contributed by atoms with Crippen LogP contribution in [0.15, 0.2) is 60.7 Å². The molecule has 4 heteroatoms. The van der Waals surface area contributed by atoms with E-state index in [1.54, 1.807) is 0 Å². The highest BCUT2D eigenvalue weighted by Crippen LogP contribution is 2.31. The minimum absolute atomic E-state index is 0.187. The molecule has 0 radical (unpaired) electrons. The summed E-state index contributed by atoms with van der Waals surface area (Å²) in [7, 11) is 0. The molecule has 2 saturated heterocycles. The van der Waals surface area contributed by atoms with Crippen molar-refractivity contribution in [3.8, 4) is 0 Å². The number of rotatable bonds is 6. The van der Waals surface area contributed by atoms with E-state index in [1.807, 2.05) is 48.2 Å². The van der Waals surface area contributed by atoms with E-state index in [4.69, 9.17) is 4.74 Å². The van der Waals surface area contributed by atoms with Gasteiger partial charge in [-0.1, -0.05) is 60.7 Å². The molecule has 2 aromatic rings. The van der Waals surface area contributed by atoms with Gasteiger partial charge in [0.1, 0.15) is 0 Å². The predicted molar refractivity (Wildman–Crippen MR) is 111 cm³/mol. The van der Waals surface area contributed by atoms with Crippen molar-refractivity contribution in [3.05, 3.63) is 71.8 Å². The molecule has 2 fully saturated rings. The summed E-state index contributed by atoms with van der Waals surface area (Å²) in [6.45, 7) is 1.55. The second kappa shape index (κ2) is 8.94. The Hall–Kier alpha value is -1.78. The SMILES string of the molecule is O=C(C(c1ccccc1)c1ccccc1)N(CC1CCCO1)C1CCSC1. The second-order valence-electron chi connectivity index (χ2n) is 7.40. The van der Waals surface area contributed by atoms with Crippen LogP contribution < -0.4 is 0 Å². The fourth-order valence-corrected chi connectivity index (χ4v) is 5.35. The van der Waals surface area contributed by atoms with Crippen LogP contribution in [-0.2, 0) is 9.53 Å². The number of amides is 1. The minimum atomic E-state index is -0.251.